The molecule has 14 heavy (non-hydrogen) atoms. The molecule has 0 amide bonds. The van der Waals surface area contributed by atoms with Gasteiger partial charge >= 0.3 is 0 Å². The molecule has 0 saturated carbocycles. The molecule has 0 saturated heterocycles. The van der Waals surface area contributed by atoms with Crippen LogP contribution in [0.5, 0.6) is 0 Å². The molecule has 1 heterocycles. The number of aryl methyl sites for hydroxylation is 1. The smallest absolute Gasteiger partial charge is 0.0348 e. The number of hydrogen-bond donors (Lipinski definition) is 1. The van der Waals surface area contributed by atoms with Crippen molar-refractivity contribution in [3.63, 3.8) is 0 Å². The van der Waals surface area contributed by atoms with Gasteiger partial charge in [0.25, 0.3) is 0 Å². The molecule has 0 bridgehead atoms. The normalized spacial score (nSPS) is 12.0. The van der Waals surface area contributed by atoms with Crippen molar-refractivity contribution in [2.24, 2.45) is 0 Å². The first-order valence-corrected chi connectivity index (χ1v) is 6.30. The van der Waals surface area contributed by atoms with E-state index in [9.17, 15) is 0 Å². The lowest BCUT2D eigenvalue weighted by atomic mass is 9.89. The van der Waals surface area contributed by atoms with Crippen LogP contribution in [0.1, 0.15) is 24.3 Å². The van der Waals surface area contributed by atoms with E-state index in [1.54, 1.807) is 0 Å². The molecule has 80 valence electrons. The molecule has 0 aromatic carbocycles. The molecule has 1 nitrogen and oxygen atoms in total. The SMILES string of the molecule is Cc1ccsc1C(C)(C)CNCCCl. The zero-order valence-corrected chi connectivity index (χ0v) is 10.6. The van der Waals surface area contributed by atoms with Crippen molar-refractivity contribution >= 4 is 22.9 Å². The zero-order chi connectivity index (χ0) is 10.6. The second kappa shape index (κ2) is 5.15. The molecule has 1 rings (SSSR count). The number of hydrogen-bond acceptors (Lipinski definition) is 2. The number of halogens is 1. The minimum Gasteiger partial charge on any atom is -0.315 e. The Morgan fingerprint density at radius 3 is 2.71 bits per heavy atom. The van der Waals surface area contributed by atoms with Gasteiger partial charge in [0, 0.05) is 29.3 Å². The van der Waals surface area contributed by atoms with Gasteiger partial charge in [-0.2, -0.15) is 0 Å². The topological polar surface area (TPSA) is 12.0 Å². The van der Waals surface area contributed by atoms with Crippen LogP contribution in [-0.4, -0.2) is 19.0 Å². The Labute approximate surface area is 95.5 Å². The lowest BCUT2D eigenvalue weighted by Gasteiger charge is -2.24. The molecule has 0 atom stereocenters. The largest absolute Gasteiger partial charge is 0.315 e. The Bertz CT molecular complexity index is 281. The summed E-state index contributed by atoms with van der Waals surface area (Å²) in [5.74, 6) is 0.680. The minimum absolute atomic E-state index is 0.213. The molecule has 0 fully saturated rings. The molecular weight excluding hydrogens is 214 g/mol. The first kappa shape index (κ1) is 12.0. The second-order valence-electron chi connectivity index (χ2n) is 4.18. The zero-order valence-electron chi connectivity index (χ0n) is 9.06. The first-order chi connectivity index (χ1) is 6.58. The van der Waals surface area contributed by atoms with Crippen molar-refractivity contribution in [2.75, 3.05) is 19.0 Å². The van der Waals surface area contributed by atoms with E-state index < -0.39 is 0 Å². The van der Waals surface area contributed by atoms with Crippen molar-refractivity contribution in [3.8, 4) is 0 Å². The van der Waals surface area contributed by atoms with Gasteiger partial charge in [0.2, 0.25) is 0 Å². The molecule has 1 aromatic rings. The van der Waals surface area contributed by atoms with E-state index in [-0.39, 0.29) is 5.41 Å². The highest BCUT2D eigenvalue weighted by atomic mass is 35.5. The van der Waals surface area contributed by atoms with E-state index in [0.717, 1.165) is 13.1 Å². The van der Waals surface area contributed by atoms with E-state index in [1.807, 2.05) is 11.3 Å². The fourth-order valence-electron chi connectivity index (χ4n) is 1.61. The summed E-state index contributed by atoms with van der Waals surface area (Å²) in [6.45, 7) is 8.59. The fourth-order valence-corrected chi connectivity index (χ4v) is 2.80. The van der Waals surface area contributed by atoms with Gasteiger partial charge in [-0.3, -0.25) is 0 Å². The van der Waals surface area contributed by atoms with E-state index >= 15 is 0 Å². The van der Waals surface area contributed by atoms with Gasteiger partial charge in [-0.05, 0) is 23.9 Å². The maximum atomic E-state index is 5.63. The van der Waals surface area contributed by atoms with Crippen LogP contribution in [0.3, 0.4) is 0 Å². The Kier molecular flexibility index (Phi) is 4.42. The maximum Gasteiger partial charge on any atom is 0.0348 e. The van der Waals surface area contributed by atoms with Crippen LogP contribution < -0.4 is 5.32 Å². The summed E-state index contributed by atoms with van der Waals surface area (Å²) in [5.41, 5.74) is 1.61. The molecular formula is C11H18ClNS. The average molecular weight is 232 g/mol. The van der Waals surface area contributed by atoms with Crippen LogP contribution >= 0.6 is 22.9 Å². The highest BCUT2D eigenvalue weighted by Gasteiger charge is 2.22. The Morgan fingerprint density at radius 1 is 1.50 bits per heavy atom. The van der Waals surface area contributed by atoms with Crippen molar-refractivity contribution < 1.29 is 0 Å². The van der Waals surface area contributed by atoms with E-state index in [0.29, 0.717) is 5.88 Å². The summed E-state index contributed by atoms with van der Waals surface area (Å²) < 4.78 is 0. The quantitative estimate of drug-likeness (QED) is 0.607. The summed E-state index contributed by atoms with van der Waals surface area (Å²) in [7, 11) is 0. The molecule has 1 aromatic heterocycles. The van der Waals surface area contributed by atoms with Gasteiger partial charge in [-0.15, -0.1) is 22.9 Å². The third-order valence-electron chi connectivity index (χ3n) is 2.31. The lowest BCUT2D eigenvalue weighted by Crippen LogP contribution is -2.33. The highest BCUT2D eigenvalue weighted by Crippen LogP contribution is 2.30. The standard InChI is InChI=1S/C11H18ClNS/c1-9-4-7-14-10(9)11(2,3)8-13-6-5-12/h4,7,13H,5-6,8H2,1-3H3. The number of alkyl halides is 1. The molecule has 1 N–H and O–H groups in total. The van der Waals surface area contributed by atoms with Crippen LogP contribution in [0, 0.1) is 6.92 Å². The van der Waals surface area contributed by atoms with Crippen molar-refractivity contribution in [1.29, 1.82) is 0 Å². The van der Waals surface area contributed by atoms with Crippen LogP contribution in [0.15, 0.2) is 11.4 Å². The van der Waals surface area contributed by atoms with Gasteiger partial charge in [0.05, 0.1) is 0 Å². The lowest BCUT2D eigenvalue weighted by molar-refractivity contribution is 0.485. The van der Waals surface area contributed by atoms with Gasteiger partial charge in [0.15, 0.2) is 0 Å². The number of nitrogens with one attached hydrogen (secondary N) is 1. The summed E-state index contributed by atoms with van der Waals surface area (Å²) in [4.78, 5) is 1.47. The van der Waals surface area contributed by atoms with E-state index in [1.165, 1.54) is 10.4 Å². The summed E-state index contributed by atoms with van der Waals surface area (Å²) >= 11 is 7.47. The van der Waals surface area contributed by atoms with Crippen LogP contribution in [-0.2, 0) is 5.41 Å². The van der Waals surface area contributed by atoms with Crippen LogP contribution in [0.25, 0.3) is 0 Å². The first-order valence-electron chi connectivity index (χ1n) is 4.89. The molecule has 0 spiro atoms. The molecule has 0 unspecified atom stereocenters. The maximum absolute atomic E-state index is 5.63. The highest BCUT2D eigenvalue weighted by molar-refractivity contribution is 7.10. The third-order valence-corrected chi connectivity index (χ3v) is 3.89. The van der Waals surface area contributed by atoms with Crippen molar-refractivity contribution in [2.45, 2.75) is 26.2 Å². The molecule has 0 aliphatic carbocycles. The van der Waals surface area contributed by atoms with E-state index in [2.05, 4.69) is 37.5 Å². The molecule has 3 heteroatoms. The van der Waals surface area contributed by atoms with Gasteiger partial charge < -0.3 is 5.32 Å². The average Bonchev–Trinajstić information content (AvgIpc) is 2.52. The van der Waals surface area contributed by atoms with E-state index in [4.69, 9.17) is 11.6 Å². The van der Waals surface area contributed by atoms with Crippen molar-refractivity contribution in [3.05, 3.63) is 21.9 Å². The van der Waals surface area contributed by atoms with Crippen LogP contribution in [0.4, 0.5) is 0 Å². The fraction of sp³-hybridized carbons (Fsp3) is 0.636. The number of rotatable bonds is 5. The molecule has 0 radical (unpaired) electrons. The summed E-state index contributed by atoms with van der Waals surface area (Å²) in [6.07, 6.45) is 0. The Morgan fingerprint density at radius 2 is 2.21 bits per heavy atom. The summed E-state index contributed by atoms with van der Waals surface area (Å²) in [5, 5.41) is 5.53. The van der Waals surface area contributed by atoms with Gasteiger partial charge in [-0.25, -0.2) is 0 Å². The molecule has 0 aliphatic rings. The number of thiophene rings is 1. The minimum atomic E-state index is 0.213. The predicted molar refractivity (Wildman–Crippen MR) is 65.7 cm³/mol. The third kappa shape index (κ3) is 2.97. The van der Waals surface area contributed by atoms with Gasteiger partial charge in [0.1, 0.15) is 0 Å². The van der Waals surface area contributed by atoms with Crippen molar-refractivity contribution in [1.82, 2.24) is 5.32 Å². The molecule has 0 aliphatic heterocycles. The van der Waals surface area contributed by atoms with Gasteiger partial charge in [-0.1, -0.05) is 13.8 Å². The monoisotopic (exact) mass is 231 g/mol. The Hall–Kier alpha value is -0.0500. The summed E-state index contributed by atoms with van der Waals surface area (Å²) in [6, 6.07) is 2.18. The Balaban J connectivity index is 2.61. The van der Waals surface area contributed by atoms with Crippen LogP contribution in [0.2, 0.25) is 0 Å². The predicted octanol–water partition coefficient (Wildman–Crippen LogP) is 3.16. The second-order valence-corrected chi connectivity index (χ2v) is 5.48.